The second kappa shape index (κ2) is 14.2. The summed E-state index contributed by atoms with van der Waals surface area (Å²) in [6.45, 7) is 19.5. The summed E-state index contributed by atoms with van der Waals surface area (Å²) in [5.74, 6) is 0.710. The molecule has 186 valence electrons. The topological polar surface area (TPSA) is 65.2 Å². The van der Waals surface area contributed by atoms with Crippen LogP contribution in [-0.2, 0) is 6.54 Å². The number of pyridine rings is 1. The summed E-state index contributed by atoms with van der Waals surface area (Å²) in [6, 6.07) is 2.50. The van der Waals surface area contributed by atoms with Crippen LogP contribution in [0.2, 0.25) is 0 Å². The monoisotopic (exact) mass is 475 g/mol. The number of carbonyl (C=O) groups is 1. The maximum absolute atomic E-state index is 12.8. The van der Waals surface area contributed by atoms with Gasteiger partial charge in [0.25, 0.3) is 11.5 Å². The summed E-state index contributed by atoms with van der Waals surface area (Å²) in [5.41, 5.74) is 3.98. The third-order valence-corrected chi connectivity index (χ3v) is 7.32. The van der Waals surface area contributed by atoms with Crippen LogP contribution in [0.4, 0.5) is 5.00 Å². The van der Waals surface area contributed by atoms with Crippen molar-refractivity contribution in [2.24, 2.45) is 5.92 Å². The normalized spacial score (nSPS) is 17.2. The minimum atomic E-state index is -0.130. The number of rotatable bonds is 6. The van der Waals surface area contributed by atoms with E-state index in [1.807, 2.05) is 59.9 Å². The molecule has 2 aromatic heterocycles. The maximum atomic E-state index is 12.8. The van der Waals surface area contributed by atoms with E-state index in [2.05, 4.69) is 29.0 Å². The van der Waals surface area contributed by atoms with Gasteiger partial charge in [0.2, 0.25) is 0 Å². The molecule has 2 N–H and O–H groups in total. The van der Waals surface area contributed by atoms with Gasteiger partial charge in [0, 0.05) is 35.8 Å². The average molecular weight is 476 g/mol. The minimum absolute atomic E-state index is 0.113. The van der Waals surface area contributed by atoms with Crippen molar-refractivity contribution in [2.45, 2.75) is 101 Å². The van der Waals surface area contributed by atoms with E-state index in [1.165, 1.54) is 30.7 Å². The van der Waals surface area contributed by atoms with Crippen molar-refractivity contribution in [3.05, 3.63) is 49.7 Å². The molecule has 0 radical (unpaired) electrons. The number of thiophene rings is 1. The largest absolute Gasteiger partial charge is 0.361 e. The Labute approximate surface area is 205 Å². The van der Waals surface area contributed by atoms with Gasteiger partial charge in [-0.2, -0.15) is 0 Å². The molecule has 1 saturated carbocycles. The van der Waals surface area contributed by atoms with E-state index in [1.54, 1.807) is 11.3 Å². The first-order valence-electron chi connectivity index (χ1n) is 12.6. The third-order valence-electron chi connectivity index (χ3n) is 6.21. The summed E-state index contributed by atoms with van der Waals surface area (Å²) in [6.07, 6.45) is 5.01. The van der Waals surface area contributed by atoms with Gasteiger partial charge < -0.3 is 15.2 Å². The number of aryl methyl sites for hydroxylation is 2. The van der Waals surface area contributed by atoms with E-state index in [4.69, 9.17) is 0 Å². The van der Waals surface area contributed by atoms with Crippen LogP contribution in [-0.4, -0.2) is 23.5 Å². The van der Waals surface area contributed by atoms with Crippen molar-refractivity contribution in [1.82, 2.24) is 10.3 Å². The van der Waals surface area contributed by atoms with E-state index in [0.29, 0.717) is 17.2 Å². The molecule has 0 spiro atoms. The predicted molar refractivity (Wildman–Crippen MR) is 144 cm³/mol. The van der Waals surface area contributed by atoms with Crippen molar-refractivity contribution in [3.8, 4) is 0 Å². The molecule has 0 atom stereocenters. The molecule has 6 heteroatoms. The Morgan fingerprint density at radius 3 is 2.27 bits per heavy atom. The SMILES string of the molecule is CC.CC.CCN(c1scc(C(=O)NCc2c(C)cc(C)[nH]c2=O)c1C)C1CCC(C)CC1. The van der Waals surface area contributed by atoms with E-state index < -0.39 is 0 Å². The van der Waals surface area contributed by atoms with Crippen LogP contribution in [0.15, 0.2) is 16.2 Å². The quantitative estimate of drug-likeness (QED) is 0.486. The summed E-state index contributed by atoms with van der Waals surface area (Å²) < 4.78 is 0. The zero-order valence-corrected chi connectivity index (χ0v) is 23.0. The lowest BCUT2D eigenvalue weighted by Gasteiger charge is -2.36. The molecule has 0 bridgehead atoms. The van der Waals surface area contributed by atoms with Crippen LogP contribution < -0.4 is 15.8 Å². The molecule has 2 aromatic rings. The molecule has 3 rings (SSSR count). The second-order valence-corrected chi connectivity index (χ2v) is 9.26. The van der Waals surface area contributed by atoms with E-state index in [-0.39, 0.29) is 18.0 Å². The number of aromatic nitrogens is 1. The third kappa shape index (κ3) is 7.46. The highest BCUT2D eigenvalue weighted by atomic mass is 32.1. The summed E-state index contributed by atoms with van der Waals surface area (Å²) in [4.78, 5) is 30.3. The molecule has 0 aliphatic heterocycles. The maximum Gasteiger partial charge on any atom is 0.253 e. The Bertz CT molecular complexity index is 924. The number of anilines is 1. The molecule has 1 fully saturated rings. The standard InChI is InChI=1S/C23H33N3O2S.2C2H6/c1-6-26(18-9-7-14(2)8-10-18)23-17(5)20(13-29-23)21(27)24-12-19-15(3)11-16(4)25-22(19)28;2*1-2/h11,13-14,18H,6-10,12H2,1-5H3,(H,24,27)(H,25,28);2*1-2H3. The number of amides is 1. The lowest BCUT2D eigenvalue weighted by Crippen LogP contribution is -2.37. The fourth-order valence-corrected chi connectivity index (χ4v) is 5.61. The van der Waals surface area contributed by atoms with Gasteiger partial charge in [-0.25, -0.2) is 0 Å². The predicted octanol–water partition coefficient (Wildman–Crippen LogP) is 6.75. The highest BCUT2D eigenvalue weighted by Gasteiger charge is 2.26. The number of carbonyl (C=O) groups excluding carboxylic acids is 1. The Hall–Kier alpha value is -2.08. The second-order valence-electron chi connectivity index (χ2n) is 8.40. The Morgan fingerprint density at radius 1 is 1.12 bits per heavy atom. The Balaban J connectivity index is 0.00000129. The van der Waals surface area contributed by atoms with Gasteiger partial charge in [-0.1, -0.05) is 34.6 Å². The summed E-state index contributed by atoms with van der Waals surface area (Å²) >= 11 is 1.66. The van der Waals surface area contributed by atoms with E-state index in [0.717, 1.165) is 29.3 Å². The van der Waals surface area contributed by atoms with Gasteiger partial charge >= 0.3 is 0 Å². The van der Waals surface area contributed by atoms with Crippen LogP contribution in [0.1, 0.15) is 100.0 Å². The number of hydrogen-bond acceptors (Lipinski definition) is 4. The first-order chi connectivity index (χ1) is 15.8. The number of nitrogens with zero attached hydrogens (tertiary/aromatic N) is 1. The molecular weight excluding hydrogens is 430 g/mol. The van der Waals surface area contributed by atoms with Crippen molar-refractivity contribution in [2.75, 3.05) is 11.4 Å². The lowest BCUT2D eigenvalue weighted by atomic mass is 9.86. The fourth-order valence-electron chi connectivity index (χ4n) is 4.40. The van der Waals surface area contributed by atoms with Crippen molar-refractivity contribution in [3.63, 3.8) is 0 Å². The summed E-state index contributed by atoms with van der Waals surface area (Å²) in [5, 5.41) is 6.11. The smallest absolute Gasteiger partial charge is 0.253 e. The Morgan fingerprint density at radius 2 is 1.73 bits per heavy atom. The van der Waals surface area contributed by atoms with Crippen LogP contribution in [0.25, 0.3) is 0 Å². The van der Waals surface area contributed by atoms with Crippen molar-refractivity contribution < 1.29 is 4.79 Å². The molecule has 1 aliphatic rings. The fraction of sp³-hybridized carbons (Fsp3) is 0.630. The highest BCUT2D eigenvalue weighted by Crippen LogP contribution is 2.36. The van der Waals surface area contributed by atoms with Crippen LogP contribution in [0, 0.1) is 26.7 Å². The number of hydrogen-bond donors (Lipinski definition) is 2. The zero-order chi connectivity index (χ0) is 25.1. The number of aromatic amines is 1. The van der Waals surface area contributed by atoms with Crippen LogP contribution in [0.5, 0.6) is 0 Å². The summed E-state index contributed by atoms with van der Waals surface area (Å²) in [7, 11) is 0. The molecule has 5 nitrogen and oxygen atoms in total. The van der Waals surface area contributed by atoms with E-state index in [9.17, 15) is 9.59 Å². The Kier molecular flexibility index (Phi) is 12.5. The van der Waals surface area contributed by atoms with Gasteiger partial charge in [0.1, 0.15) is 0 Å². The molecule has 33 heavy (non-hydrogen) atoms. The molecule has 1 aliphatic carbocycles. The van der Waals surface area contributed by atoms with Crippen LogP contribution >= 0.6 is 11.3 Å². The van der Waals surface area contributed by atoms with Gasteiger partial charge in [-0.15, -0.1) is 11.3 Å². The molecular formula is C27H45N3O2S. The van der Waals surface area contributed by atoms with Gasteiger partial charge in [0.05, 0.1) is 10.6 Å². The van der Waals surface area contributed by atoms with Crippen molar-refractivity contribution in [1.29, 1.82) is 0 Å². The minimum Gasteiger partial charge on any atom is -0.361 e. The van der Waals surface area contributed by atoms with Crippen LogP contribution in [0.3, 0.4) is 0 Å². The number of H-pyrrole nitrogens is 1. The van der Waals surface area contributed by atoms with Crippen molar-refractivity contribution >= 4 is 22.2 Å². The van der Waals surface area contributed by atoms with Gasteiger partial charge in [-0.3, -0.25) is 9.59 Å². The molecule has 0 saturated heterocycles. The lowest BCUT2D eigenvalue weighted by molar-refractivity contribution is 0.0950. The van der Waals surface area contributed by atoms with Gasteiger partial charge in [0.15, 0.2) is 0 Å². The first-order valence-corrected chi connectivity index (χ1v) is 13.5. The number of nitrogens with one attached hydrogen (secondary N) is 2. The average Bonchev–Trinajstić information content (AvgIpc) is 3.18. The molecule has 0 unspecified atom stereocenters. The van der Waals surface area contributed by atoms with Gasteiger partial charge in [-0.05, 0) is 76.5 Å². The molecule has 2 heterocycles. The van der Waals surface area contributed by atoms with E-state index >= 15 is 0 Å². The molecule has 1 amide bonds. The zero-order valence-electron chi connectivity index (χ0n) is 22.2. The first kappa shape index (κ1) is 29.0. The molecule has 0 aromatic carbocycles. The highest BCUT2D eigenvalue weighted by molar-refractivity contribution is 7.14.